The lowest BCUT2D eigenvalue weighted by Gasteiger charge is -2.29. The molecule has 1 aliphatic heterocycles. The van der Waals surface area contributed by atoms with Gasteiger partial charge in [-0.05, 0) is 25.1 Å². The molecule has 1 aliphatic rings. The number of Topliss-reactive ketones (excluding diaryl/α,β-unsaturated/α-hetero) is 1. The number of benzene rings is 1. The van der Waals surface area contributed by atoms with Crippen molar-refractivity contribution >= 4 is 23.1 Å². The van der Waals surface area contributed by atoms with E-state index in [0.717, 1.165) is 31.9 Å². The number of carbonyl (C=O) groups excluding carboxylic acids is 1. The number of anilines is 1. The lowest BCUT2D eigenvalue weighted by atomic mass is 10.1. The first-order chi connectivity index (χ1) is 7.68. The molecule has 1 fully saturated rings. The van der Waals surface area contributed by atoms with Gasteiger partial charge in [0.1, 0.15) is 0 Å². The van der Waals surface area contributed by atoms with E-state index in [1.807, 2.05) is 18.2 Å². The molecule has 1 aromatic carbocycles. The van der Waals surface area contributed by atoms with Crippen LogP contribution in [-0.2, 0) is 0 Å². The summed E-state index contributed by atoms with van der Waals surface area (Å²) >= 11 is 6.08. The second-order valence-corrected chi connectivity index (χ2v) is 4.36. The number of carbonyl (C=O) groups is 1. The predicted molar refractivity (Wildman–Crippen MR) is 66.5 cm³/mol. The monoisotopic (exact) mass is 238 g/mol. The number of halogens is 1. The Morgan fingerprint density at radius 2 is 2.06 bits per heavy atom. The maximum absolute atomic E-state index is 11.2. The van der Waals surface area contributed by atoms with Gasteiger partial charge in [0.2, 0.25) is 0 Å². The molecule has 0 spiro atoms. The Morgan fingerprint density at radius 1 is 1.38 bits per heavy atom. The molecule has 0 bridgehead atoms. The SMILES string of the molecule is CC(=O)c1ccc(N2CCNCC2)cc1Cl. The van der Waals surface area contributed by atoms with Gasteiger partial charge in [-0.3, -0.25) is 4.79 Å². The summed E-state index contributed by atoms with van der Waals surface area (Å²) in [6.07, 6.45) is 0. The van der Waals surface area contributed by atoms with Crippen LogP contribution in [0.15, 0.2) is 18.2 Å². The van der Waals surface area contributed by atoms with Gasteiger partial charge in [0.15, 0.2) is 5.78 Å². The largest absolute Gasteiger partial charge is 0.369 e. The van der Waals surface area contributed by atoms with Gasteiger partial charge in [-0.15, -0.1) is 0 Å². The number of rotatable bonds is 2. The van der Waals surface area contributed by atoms with Crippen LogP contribution < -0.4 is 10.2 Å². The Labute approximate surface area is 100 Å². The second-order valence-electron chi connectivity index (χ2n) is 3.96. The van der Waals surface area contributed by atoms with Gasteiger partial charge in [0.05, 0.1) is 5.02 Å². The van der Waals surface area contributed by atoms with Crippen LogP contribution in [0, 0.1) is 0 Å². The van der Waals surface area contributed by atoms with Gasteiger partial charge in [-0.1, -0.05) is 11.6 Å². The van der Waals surface area contributed by atoms with Crippen LogP contribution in [-0.4, -0.2) is 32.0 Å². The number of piperazine rings is 1. The molecule has 86 valence electrons. The molecular formula is C12H15ClN2O. The third kappa shape index (κ3) is 2.36. The molecule has 0 aliphatic carbocycles. The van der Waals surface area contributed by atoms with E-state index in [1.54, 1.807) is 0 Å². The van der Waals surface area contributed by atoms with E-state index in [1.165, 1.54) is 6.92 Å². The van der Waals surface area contributed by atoms with Crippen molar-refractivity contribution in [1.82, 2.24) is 5.32 Å². The fourth-order valence-electron chi connectivity index (χ4n) is 1.91. The highest BCUT2D eigenvalue weighted by Gasteiger charge is 2.12. The molecule has 1 N–H and O–H groups in total. The number of nitrogens with one attached hydrogen (secondary N) is 1. The van der Waals surface area contributed by atoms with Crippen molar-refractivity contribution in [2.24, 2.45) is 0 Å². The minimum atomic E-state index is 0.0110. The van der Waals surface area contributed by atoms with E-state index in [-0.39, 0.29) is 5.78 Å². The Bertz CT molecular complexity index is 400. The van der Waals surface area contributed by atoms with Gasteiger partial charge in [-0.2, -0.15) is 0 Å². The van der Waals surface area contributed by atoms with Crippen molar-refractivity contribution in [2.75, 3.05) is 31.1 Å². The molecule has 4 heteroatoms. The van der Waals surface area contributed by atoms with Gasteiger partial charge in [-0.25, -0.2) is 0 Å². The van der Waals surface area contributed by atoms with Crippen molar-refractivity contribution < 1.29 is 4.79 Å². The Morgan fingerprint density at radius 3 is 2.62 bits per heavy atom. The van der Waals surface area contributed by atoms with Crippen molar-refractivity contribution in [3.05, 3.63) is 28.8 Å². The van der Waals surface area contributed by atoms with Gasteiger partial charge in [0.25, 0.3) is 0 Å². The van der Waals surface area contributed by atoms with Crippen molar-refractivity contribution in [3.63, 3.8) is 0 Å². The maximum Gasteiger partial charge on any atom is 0.161 e. The van der Waals surface area contributed by atoms with Crippen molar-refractivity contribution in [2.45, 2.75) is 6.92 Å². The topological polar surface area (TPSA) is 32.3 Å². The van der Waals surface area contributed by atoms with E-state index in [9.17, 15) is 4.79 Å². The molecule has 16 heavy (non-hydrogen) atoms. The quantitative estimate of drug-likeness (QED) is 0.800. The summed E-state index contributed by atoms with van der Waals surface area (Å²) < 4.78 is 0. The summed E-state index contributed by atoms with van der Waals surface area (Å²) in [7, 11) is 0. The molecule has 1 heterocycles. The van der Waals surface area contributed by atoms with Gasteiger partial charge in [0, 0.05) is 37.4 Å². The molecular weight excluding hydrogens is 224 g/mol. The molecule has 2 rings (SSSR count). The summed E-state index contributed by atoms with van der Waals surface area (Å²) in [5.41, 5.74) is 1.69. The zero-order valence-corrected chi connectivity index (χ0v) is 10.0. The predicted octanol–water partition coefficient (Wildman–Crippen LogP) is 1.95. The molecule has 1 aromatic rings. The molecule has 0 amide bonds. The van der Waals surface area contributed by atoms with E-state index in [0.29, 0.717) is 10.6 Å². The fourth-order valence-corrected chi connectivity index (χ4v) is 2.22. The lowest BCUT2D eigenvalue weighted by Crippen LogP contribution is -2.43. The van der Waals surface area contributed by atoms with Crippen LogP contribution >= 0.6 is 11.6 Å². The average molecular weight is 239 g/mol. The third-order valence-electron chi connectivity index (χ3n) is 2.81. The number of nitrogens with zero attached hydrogens (tertiary/aromatic N) is 1. The zero-order valence-electron chi connectivity index (χ0n) is 9.29. The van der Waals surface area contributed by atoms with Crippen LogP contribution in [0.5, 0.6) is 0 Å². The van der Waals surface area contributed by atoms with Gasteiger partial charge < -0.3 is 10.2 Å². The van der Waals surface area contributed by atoms with Crippen LogP contribution in [0.4, 0.5) is 5.69 Å². The summed E-state index contributed by atoms with van der Waals surface area (Å²) in [5, 5.41) is 3.84. The lowest BCUT2D eigenvalue weighted by molar-refractivity contribution is 0.101. The Kier molecular flexibility index (Phi) is 3.46. The summed E-state index contributed by atoms with van der Waals surface area (Å²) in [6, 6.07) is 5.65. The minimum absolute atomic E-state index is 0.0110. The fraction of sp³-hybridized carbons (Fsp3) is 0.417. The standard InChI is InChI=1S/C12H15ClN2O/c1-9(16)11-3-2-10(8-12(11)13)15-6-4-14-5-7-15/h2-3,8,14H,4-7H2,1H3. The van der Waals surface area contributed by atoms with Crippen LogP contribution in [0.3, 0.4) is 0 Å². The molecule has 0 unspecified atom stereocenters. The van der Waals surface area contributed by atoms with E-state index in [4.69, 9.17) is 11.6 Å². The summed E-state index contributed by atoms with van der Waals surface area (Å²) in [5.74, 6) is 0.0110. The number of ketones is 1. The first-order valence-corrected chi connectivity index (χ1v) is 5.82. The molecule has 0 radical (unpaired) electrons. The molecule has 1 saturated heterocycles. The number of hydrogen-bond donors (Lipinski definition) is 1. The normalized spacial score (nSPS) is 16.2. The Hall–Kier alpha value is -1.06. The maximum atomic E-state index is 11.2. The van der Waals surface area contributed by atoms with E-state index in [2.05, 4.69) is 10.2 Å². The number of hydrogen-bond acceptors (Lipinski definition) is 3. The highest BCUT2D eigenvalue weighted by molar-refractivity contribution is 6.34. The average Bonchev–Trinajstić information content (AvgIpc) is 2.29. The van der Waals surface area contributed by atoms with E-state index < -0.39 is 0 Å². The first kappa shape index (κ1) is 11.4. The van der Waals surface area contributed by atoms with Crippen molar-refractivity contribution in [1.29, 1.82) is 0 Å². The molecule has 0 aromatic heterocycles. The highest BCUT2D eigenvalue weighted by Crippen LogP contribution is 2.24. The van der Waals surface area contributed by atoms with Crippen LogP contribution in [0.1, 0.15) is 17.3 Å². The highest BCUT2D eigenvalue weighted by atomic mass is 35.5. The molecule has 0 saturated carbocycles. The Balaban J connectivity index is 2.23. The molecule has 0 atom stereocenters. The summed E-state index contributed by atoms with van der Waals surface area (Å²) in [6.45, 7) is 5.48. The minimum Gasteiger partial charge on any atom is -0.369 e. The van der Waals surface area contributed by atoms with Gasteiger partial charge >= 0.3 is 0 Å². The summed E-state index contributed by atoms with van der Waals surface area (Å²) in [4.78, 5) is 13.5. The van der Waals surface area contributed by atoms with Crippen molar-refractivity contribution in [3.8, 4) is 0 Å². The van der Waals surface area contributed by atoms with E-state index >= 15 is 0 Å². The van der Waals surface area contributed by atoms with Crippen LogP contribution in [0.25, 0.3) is 0 Å². The zero-order chi connectivity index (χ0) is 11.5. The second kappa shape index (κ2) is 4.85. The van der Waals surface area contributed by atoms with Crippen LogP contribution in [0.2, 0.25) is 5.02 Å². The smallest absolute Gasteiger partial charge is 0.161 e. The third-order valence-corrected chi connectivity index (χ3v) is 3.13. The first-order valence-electron chi connectivity index (χ1n) is 5.44. The molecule has 3 nitrogen and oxygen atoms in total.